The predicted molar refractivity (Wildman–Crippen MR) is 101 cm³/mol. The Kier molecular flexibility index (Phi) is 7.36. The van der Waals surface area contributed by atoms with Crippen molar-refractivity contribution in [3.05, 3.63) is 48.0 Å². The van der Waals surface area contributed by atoms with E-state index in [2.05, 4.69) is 27.2 Å². The number of aromatic nitrogens is 2. The van der Waals surface area contributed by atoms with Gasteiger partial charge in [0.15, 0.2) is 5.17 Å². The molecule has 2 rings (SSSR count). The van der Waals surface area contributed by atoms with E-state index in [4.69, 9.17) is 10.8 Å². The number of thioether (sulfide) groups is 1. The lowest BCUT2D eigenvalue weighted by molar-refractivity contribution is 0.102. The first-order chi connectivity index (χ1) is 12.1. The zero-order valence-corrected chi connectivity index (χ0v) is 14.8. The Balaban J connectivity index is 2.04. The molecule has 1 amide bonds. The van der Waals surface area contributed by atoms with Crippen LogP contribution in [0.25, 0.3) is 0 Å². The van der Waals surface area contributed by atoms with Crippen LogP contribution >= 0.6 is 11.8 Å². The molecule has 0 saturated heterocycles. The van der Waals surface area contributed by atoms with Crippen molar-refractivity contribution in [3.63, 3.8) is 0 Å². The second-order valence-corrected chi connectivity index (χ2v) is 6.28. The molecule has 0 aliphatic carbocycles. The number of hydrogen-bond donors (Lipinski definition) is 3. The molecule has 0 fully saturated rings. The van der Waals surface area contributed by atoms with Crippen molar-refractivity contribution >= 4 is 34.2 Å². The van der Waals surface area contributed by atoms with Gasteiger partial charge in [-0.3, -0.25) is 9.78 Å². The van der Waals surface area contributed by atoms with E-state index >= 15 is 0 Å². The number of carbonyl (C=O) groups is 1. The normalized spacial score (nSPS) is 11.4. The fourth-order valence-electron chi connectivity index (χ4n) is 1.93. The summed E-state index contributed by atoms with van der Waals surface area (Å²) in [6, 6.07) is 7.12. The molecule has 0 saturated carbocycles. The standard InChI is InChI=1S/C17H21N5O2S/c1-2-8-25-17(18)22-13-5-3-4-12(9-13)21-16(24)15-11-19-14(6-7-23)10-20-15/h3-5,9-11,23H,2,6-8H2,1H3,(H2,18,22)(H,21,24). The molecule has 4 N–H and O–H groups in total. The Morgan fingerprint density at radius 2 is 2.20 bits per heavy atom. The minimum Gasteiger partial charge on any atom is -0.396 e. The van der Waals surface area contributed by atoms with Crippen molar-refractivity contribution in [2.45, 2.75) is 19.8 Å². The van der Waals surface area contributed by atoms with Gasteiger partial charge in [-0.15, -0.1) is 0 Å². The number of rotatable bonds is 7. The third kappa shape index (κ3) is 6.17. The number of anilines is 1. The Bertz CT molecular complexity index is 734. The zero-order valence-electron chi connectivity index (χ0n) is 14.0. The monoisotopic (exact) mass is 359 g/mol. The summed E-state index contributed by atoms with van der Waals surface area (Å²) in [5.41, 5.74) is 7.97. The van der Waals surface area contributed by atoms with E-state index in [1.807, 2.05) is 6.07 Å². The molecule has 0 aliphatic rings. The van der Waals surface area contributed by atoms with Crippen molar-refractivity contribution in [1.29, 1.82) is 0 Å². The van der Waals surface area contributed by atoms with E-state index in [-0.39, 0.29) is 18.2 Å². The lowest BCUT2D eigenvalue weighted by atomic mass is 10.2. The Labute approximate surface area is 150 Å². The number of benzene rings is 1. The first-order valence-electron chi connectivity index (χ1n) is 7.92. The summed E-state index contributed by atoms with van der Waals surface area (Å²) in [7, 11) is 0. The van der Waals surface area contributed by atoms with Crippen LogP contribution in [0.4, 0.5) is 11.4 Å². The van der Waals surface area contributed by atoms with Crippen molar-refractivity contribution in [2.24, 2.45) is 10.7 Å². The molecule has 1 aromatic heterocycles. The van der Waals surface area contributed by atoms with Gasteiger partial charge in [0.05, 0.1) is 17.6 Å². The van der Waals surface area contributed by atoms with Crippen molar-refractivity contribution < 1.29 is 9.90 Å². The minimum atomic E-state index is -0.363. The van der Waals surface area contributed by atoms with Gasteiger partial charge in [-0.1, -0.05) is 24.8 Å². The van der Waals surface area contributed by atoms with Crippen LogP contribution in [0.5, 0.6) is 0 Å². The molecule has 1 heterocycles. The fourth-order valence-corrected chi connectivity index (χ4v) is 2.51. The van der Waals surface area contributed by atoms with Gasteiger partial charge in [0.1, 0.15) is 5.69 Å². The number of amides is 1. The number of carbonyl (C=O) groups excluding carboxylic acids is 1. The van der Waals surface area contributed by atoms with Gasteiger partial charge < -0.3 is 16.2 Å². The average Bonchev–Trinajstić information content (AvgIpc) is 2.61. The number of hydrogen-bond acceptors (Lipinski definition) is 6. The van der Waals surface area contributed by atoms with E-state index < -0.39 is 0 Å². The topological polar surface area (TPSA) is 113 Å². The van der Waals surface area contributed by atoms with Gasteiger partial charge in [0.2, 0.25) is 0 Å². The van der Waals surface area contributed by atoms with Gasteiger partial charge in [0, 0.05) is 30.7 Å². The van der Waals surface area contributed by atoms with Crippen LogP contribution in [0.2, 0.25) is 0 Å². The highest BCUT2D eigenvalue weighted by Gasteiger charge is 2.09. The third-order valence-corrected chi connectivity index (χ3v) is 4.10. The van der Waals surface area contributed by atoms with Gasteiger partial charge in [-0.25, -0.2) is 9.98 Å². The van der Waals surface area contributed by atoms with E-state index in [0.717, 1.165) is 12.2 Å². The summed E-state index contributed by atoms with van der Waals surface area (Å²) in [6.45, 7) is 2.07. The van der Waals surface area contributed by atoms with Gasteiger partial charge in [-0.2, -0.15) is 0 Å². The van der Waals surface area contributed by atoms with Gasteiger partial charge in [0.25, 0.3) is 5.91 Å². The molecular weight excluding hydrogens is 338 g/mol. The van der Waals surface area contributed by atoms with Crippen LogP contribution < -0.4 is 11.1 Å². The van der Waals surface area contributed by atoms with Gasteiger partial charge >= 0.3 is 0 Å². The van der Waals surface area contributed by atoms with E-state index in [0.29, 0.717) is 28.7 Å². The maximum Gasteiger partial charge on any atom is 0.275 e. The molecule has 25 heavy (non-hydrogen) atoms. The first-order valence-corrected chi connectivity index (χ1v) is 8.91. The van der Waals surface area contributed by atoms with Gasteiger partial charge in [-0.05, 0) is 24.6 Å². The number of aliphatic hydroxyl groups is 1. The molecule has 7 nitrogen and oxygen atoms in total. The van der Waals surface area contributed by atoms with E-state index in [1.54, 1.807) is 18.2 Å². The van der Waals surface area contributed by atoms with Crippen LogP contribution in [-0.4, -0.2) is 38.5 Å². The van der Waals surface area contributed by atoms with Crippen LogP contribution in [0.1, 0.15) is 29.5 Å². The lowest BCUT2D eigenvalue weighted by Crippen LogP contribution is -2.14. The minimum absolute atomic E-state index is 0.00674. The number of nitrogens with one attached hydrogen (secondary N) is 1. The number of nitrogens with two attached hydrogens (primary N) is 1. The number of aliphatic hydroxyl groups excluding tert-OH is 1. The molecule has 1 aromatic carbocycles. The van der Waals surface area contributed by atoms with Crippen molar-refractivity contribution in [2.75, 3.05) is 17.7 Å². The molecule has 0 aliphatic heterocycles. The van der Waals surface area contributed by atoms with Crippen LogP contribution in [0.3, 0.4) is 0 Å². The van der Waals surface area contributed by atoms with Crippen molar-refractivity contribution in [3.8, 4) is 0 Å². The lowest BCUT2D eigenvalue weighted by Gasteiger charge is -2.06. The van der Waals surface area contributed by atoms with Crippen LogP contribution in [-0.2, 0) is 6.42 Å². The second-order valence-electron chi connectivity index (χ2n) is 5.17. The highest BCUT2D eigenvalue weighted by atomic mass is 32.2. The third-order valence-electron chi connectivity index (χ3n) is 3.10. The fraction of sp³-hybridized carbons (Fsp3) is 0.294. The van der Waals surface area contributed by atoms with E-state index in [9.17, 15) is 4.79 Å². The Morgan fingerprint density at radius 3 is 2.88 bits per heavy atom. The Morgan fingerprint density at radius 1 is 1.36 bits per heavy atom. The molecule has 8 heteroatoms. The summed E-state index contributed by atoms with van der Waals surface area (Å²) in [6.07, 6.45) is 4.31. The quantitative estimate of drug-likeness (QED) is 0.516. The predicted octanol–water partition coefficient (Wildman–Crippen LogP) is 2.35. The Hall–Kier alpha value is -2.45. The summed E-state index contributed by atoms with van der Waals surface area (Å²) in [5, 5.41) is 12.1. The average molecular weight is 359 g/mol. The van der Waals surface area contributed by atoms with Crippen molar-refractivity contribution in [1.82, 2.24) is 9.97 Å². The summed E-state index contributed by atoms with van der Waals surface area (Å²) < 4.78 is 0. The number of amidine groups is 1. The maximum atomic E-state index is 12.2. The molecule has 132 valence electrons. The maximum absolute atomic E-state index is 12.2. The van der Waals surface area contributed by atoms with Crippen LogP contribution in [0.15, 0.2) is 41.7 Å². The van der Waals surface area contributed by atoms with Crippen LogP contribution in [0, 0.1) is 0 Å². The molecule has 0 spiro atoms. The first kappa shape index (κ1) is 18.9. The summed E-state index contributed by atoms with van der Waals surface area (Å²) in [5.74, 6) is 0.550. The molecular formula is C17H21N5O2S. The molecule has 0 radical (unpaired) electrons. The molecule has 0 atom stereocenters. The SMILES string of the molecule is CCCSC(N)=Nc1cccc(NC(=O)c2cnc(CCO)cn2)c1. The highest BCUT2D eigenvalue weighted by molar-refractivity contribution is 8.13. The largest absolute Gasteiger partial charge is 0.396 e. The summed E-state index contributed by atoms with van der Waals surface area (Å²) in [4.78, 5) is 24.7. The van der Waals surface area contributed by atoms with E-state index in [1.165, 1.54) is 24.2 Å². The molecule has 2 aromatic rings. The smallest absolute Gasteiger partial charge is 0.275 e. The highest BCUT2D eigenvalue weighted by Crippen LogP contribution is 2.20. The summed E-state index contributed by atoms with van der Waals surface area (Å²) >= 11 is 1.50. The second kappa shape index (κ2) is 9.75. The molecule has 0 unspecified atom stereocenters. The number of aliphatic imine (C=N–C) groups is 1. The zero-order chi connectivity index (χ0) is 18.1. The molecule has 0 bridgehead atoms. The number of nitrogens with zero attached hydrogens (tertiary/aromatic N) is 3.